The second-order valence-corrected chi connectivity index (χ2v) is 5.32. The van der Waals surface area contributed by atoms with Gasteiger partial charge in [-0.25, -0.2) is 9.97 Å². The topological polar surface area (TPSA) is 55.3 Å². The Bertz CT molecular complexity index is 787. The van der Waals surface area contributed by atoms with Gasteiger partial charge in [0.25, 0.3) is 0 Å². The number of nitrogens with zero attached hydrogens (tertiary/aromatic N) is 3. The molecule has 1 aromatic carbocycles. The Kier molecular flexibility index (Phi) is 5.41. The Morgan fingerprint density at radius 2 is 1.88 bits per heavy atom. The van der Waals surface area contributed by atoms with Gasteiger partial charge in [-0.05, 0) is 49.8 Å². The zero-order valence-electron chi connectivity index (χ0n) is 13.8. The number of anilines is 2. The van der Waals surface area contributed by atoms with Crippen molar-refractivity contribution in [3.05, 3.63) is 47.3 Å². The molecule has 0 aliphatic rings. The Hall–Kier alpha value is -2.90. The smallest absolute Gasteiger partial charge is 0.406 e. The first-order valence-electron chi connectivity index (χ1n) is 7.26. The predicted octanol–water partition coefficient (Wildman–Crippen LogP) is 4.05. The van der Waals surface area contributed by atoms with Crippen LogP contribution in [0.15, 0.2) is 36.0 Å². The van der Waals surface area contributed by atoms with Crippen molar-refractivity contribution in [3.63, 3.8) is 0 Å². The van der Waals surface area contributed by atoms with Crippen LogP contribution in [0.3, 0.4) is 0 Å². The Morgan fingerprint density at radius 3 is 2.40 bits per heavy atom. The molecule has 0 aliphatic carbocycles. The van der Waals surface area contributed by atoms with Crippen LogP contribution in [0.5, 0.6) is 5.75 Å². The van der Waals surface area contributed by atoms with E-state index in [4.69, 9.17) is 0 Å². The summed E-state index contributed by atoms with van der Waals surface area (Å²) in [5.41, 5.74) is 2.54. The van der Waals surface area contributed by atoms with E-state index in [1.807, 2.05) is 0 Å². The highest BCUT2D eigenvalue weighted by Gasteiger charge is 2.31. The fourth-order valence-corrected chi connectivity index (χ4v) is 2.03. The molecule has 0 radical (unpaired) electrons. The molecule has 0 spiro atoms. The summed E-state index contributed by atoms with van der Waals surface area (Å²) in [7, 11) is 1.70. The summed E-state index contributed by atoms with van der Waals surface area (Å²) in [6, 6.07) is 5.39. The SMILES string of the molecule is C/C(C=O)=C\c1cnc(N(C)c2ccc(OC(F)(F)F)cc2)nc1C. The number of rotatable bonds is 5. The van der Waals surface area contributed by atoms with Crippen LogP contribution in [0.2, 0.25) is 0 Å². The number of aromatic nitrogens is 2. The molecule has 8 heteroatoms. The van der Waals surface area contributed by atoms with Gasteiger partial charge in [-0.1, -0.05) is 0 Å². The first kappa shape index (κ1) is 18.4. The molecule has 25 heavy (non-hydrogen) atoms. The van der Waals surface area contributed by atoms with Crippen molar-refractivity contribution in [2.45, 2.75) is 20.2 Å². The number of hydrogen-bond acceptors (Lipinski definition) is 5. The summed E-state index contributed by atoms with van der Waals surface area (Å²) in [6.45, 7) is 3.46. The third-order valence-electron chi connectivity index (χ3n) is 3.33. The van der Waals surface area contributed by atoms with Crippen molar-refractivity contribution in [3.8, 4) is 5.75 Å². The van der Waals surface area contributed by atoms with Gasteiger partial charge in [-0.3, -0.25) is 4.79 Å². The number of alkyl halides is 3. The molecule has 0 fully saturated rings. The van der Waals surface area contributed by atoms with Crippen LogP contribution < -0.4 is 9.64 Å². The second-order valence-electron chi connectivity index (χ2n) is 5.32. The molecule has 0 N–H and O–H groups in total. The molecule has 132 valence electrons. The molecule has 0 bridgehead atoms. The lowest BCUT2D eigenvalue weighted by Crippen LogP contribution is -2.17. The molecule has 2 rings (SSSR count). The largest absolute Gasteiger partial charge is 0.573 e. The maximum Gasteiger partial charge on any atom is 0.573 e. The van der Waals surface area contributed by atoms with Gasteiger partial charge >= 0.3 is 6.36 Å². The average molecular weight is 351 g/mol. The minimum absolute atomic E-state index is 0.299. The van der Waals surface area contributed by atoms with Crippen molar-refractivity contribution >= 4 is 24.0 Å². The van der Waals surface area contributed by atoms with E-state index in [0.29, 0.717) is 22.9 Å². The molecule has 1 aromatic heterocycles. The molecular formula is C17H16F3N3O2. The van der Waals surface area contributed by atoms with E-state index >= 15 is 0 Å². The second kappa shape index (κ2) is 7.33. The number of halogens is 3. The van der Waals surface area contributed by atoms with E-state index in [9.17, 15) is 18.0 Å². The maximum absolute atomic E-state index is 12.2. The molecule has 0 amide bonds. The Labute approximate surface area is 142 Å². The van der Waals surface area contributed by atoms with Gasteiger partial charge < -0.3 is 9.64 Å². The number of carbonyl (C=O) groups is 1. The van der Waals surface area contributed by atoms with Crippen molar-refractivity contribution < 1.29 is 22.7 Å². The number of benzene rings is 1. The highest BCUT2D eigenvalue weighted by molar-refractivity contribution is 5.81. The molecule has 2 aromatic rings. The fraction of sp³-hybridized carbons (Fsp3) is 0.235. The highest BCUT2D eigenvalue weighted by atomic mass is 19.4. The lowest BCUT2D eigenvalue weighted by atomic mass is 10.2. The summed E-state index contributed by atoms with van der Waals surface area (Å²) in [5.74, 6) is 0.0782. The van der Waals surface area contributed by atoms with Gasteiger partial charge in [0, 0.05) is 24.5 Å². The van der Waals surface area contributed by atoms with Crippen LogP contribution in [-0.2, 0) is 4.79 Å². The quantitative estimate of drug-likeness (QED) is 0.601. The average Bonchev–Trinajstić information content (AvgIpc) is 2.55. The van der Waals surface area contributed by atoms with Crippen molar-refractivity contribution in [1.29, 1.82) is 0 Å². The van der Waals surface area contributed by atoms with E-state index in [1.54, 1.807) is 38.1 Å². The molecule has 0 aliphatic heterocycles. The van der Waals surface area contributed by atoms with Crippen LogP contribution in [0, 0.1) is 6.92 Å². The molecule has 1 heterocycles. The lowest BCUT2D eigenvalue weighted by molar-refractivity contribution is -0.274. The van der Waals surface area contributed by atoms with Gasteiger partial charge in [0.15, 0.2) is 0 Å². The lowest BCUT2D eigenvalue weighted by Gasteiger charge is -2.18. The minimum Gasteiger partial charge on any atom is -0.406 e. The third-order valence-corrected chi connectivity index (χ3v) is 3.33. The zero-order chi connectivity index (χ0) is 18.6. The number of ether oxygens (including phenoxy) is 1. The number of hydrogen-bond donors (Lipinski definition) is 0. The summed E-state index contributed by atoms with van der Waals surface area (Å²) in [4.78, 5) is 20.9. The molecular weight excluding hydrogens is 335 g/mol. The van der Waals surface area contributed by atoms with Crippen molar-refractivity contribution in [2.24, 2.45) is 0 Å². The zero-order valence-corrected chi connectivity index (χ0v) is 13.8. The van der Waals surface area contributed by atoms with Crippen LogP contribution in [-0.4, -0.2) is 29.7 Å². The number of allylic oxidation sites excluding steroid dienone is 1. The molecule has 5 nitrogen and oxygen atoms in total. The monoisotopic (exact) mass is 351 g/mol. The molecule has 0 atom stereocenters. The number of aryl methyl sites for hydroxylation is 1. The summed E-state index contributed by atoms with van der Waals surface area (Å²) in [6.07, 6.45) is -0.724. The fourth-order valence-electron chi connectivity index (χ4n) is 2.03. The van der Waals surface area contributed by atoms with Crippen molar-refractivity contribution in [1.82, 2.24) is 9.97 Å². The normalized spacial score (nSPS) is 12.0. The molecule has 0 saturated heterocycles. The first-order chi connectivity index (χ1) is 11.7. The summed E-state index contributed by atoms with van der Waals surface area (Å²) in [5, 5.41) is 0. The van der Waals surface area contributed by atoms with Crippen LogP contribution in [0.25, 0.3) is 6.08 Å². The van der Waals surface area contributed by atoms with Gasteiger partial charge in [0.1, 0.15) is 12.0 Å². The van der Waals surface area contributed by atoms with E-state index in [0.717, 1.165) is 11.8 Å². The van der Waals surface area contributed by atoms with Gasteiger partial charge in [-0.15, -0.1) is 13.2 Å². The molecule has 0 saturated carbocycles. The van der Waals surface area contributed by atoms with E-state index < -0.39 is 6.36 Å². The third kappa shape index (κ3) is 5.03. The van der Waals surface area contributed by atoms with Crippen LogP contribution >= 0.6 is 0 Å². The first-order valence-corrected chi connectivity index (χ1v) is 7.26. The maximum atomic E-state index is 12.2. The van der Waals surface area contributed by atoms with Crippen LogP contribution in [0.1, 0.15) is 18.2 Å². The highest BCUT2D eigenvalue weighted by Crippen LogP contribution is 2.27. The van der Waals surface area contributed by atoms with E-state index in [-0.39, 0.29) is 5.75 Å². The summed E-state index contributed by atoms with van der Waals surface area (Å²) < 4.78 is 40.4. The Morgan fingerprint density at radius 1 is 1.24 bits per heavy atom. The van der Waals surface area contributed by atoms with Crippen molar-refractivity contribution in [2.75, 3.05) is 11.9 Å². The van der Waals surface area contributed by atoms with Gasteiger partial charge in [-0.2, -0.15) is 0 Å². The standard InChI is InChI=1S/C17H16F3N3O2/c1-11(10-24)8-13-9-21-16(22-12(13)2)23(3)14-4-6-15(7-5-14)25-17(18,19)20/h4-10H,1-3H3/b11-8+. The van der Waals surface area contributed by atoms with Gasteiger partial charge in [0.2, 0.25) is 5.95 Å². The Balaban J connectivity index is 2.21. The van der Waals surface area contributed by atoms with E-state index in [2.05, 4.69) is 14.7 Å². The minimum atomic E-state index is -4.73. The summed E-state index contributed by atoms with van der Waals surface area (Å²) >= 11 is 0. The number of aldehydes is 1. The number of carbonyl (C=O) groups excluding carboxylic acids is 1. The van der Waals surface area contributed by atoms with Crippen LogP contribution in [0.4, 0.5) is 24.8 Å². The van der Waals surface area contributed by atoms with Gasteiger partial charge in [0.05, 0.1) is 5.69 Å². The van der Waals surface area contributed by atoms with E-state index in [1.165, 1.54) is 24.3 Å². The molecule has 0 unspecified atom stereocenters. The predicted molar refractivity (Wildman–Crippen MR) is 87.7 cm³/mol.